The molecule has 1 amide bonds. The van der Waals surface area contributed by atoms with Crippen molar-refractivity contribution in [1.29, 1.82) is 0 Å². The summed E-state index contributed by atoms with van der Waals surface area (Å²) in [5.74, 6) is 0.00844. The normalized spacial score (nSPS) is 15.5. The van der Waals surface area contributed by atoms with Crippen LogP contribution in [0.4, 0.5) is 5.69 Å². The lowest BCUT2D eigenvalue weighted by atomic mass is 10.1. The molecule has 1 saturated heterocycles. The van der Waals surface area contributed by atoms with E-state index in [1.165, 1.54) is 18.1 Å². The summed E-state index contributed by atoms with van der Waals surface area (Å²) >= 11 is 0. The van der Waals surface area contributed by atoms with E-state index in [1.807, 2.05) is 0 Å². The minimum absolute atomic E-state index is 0.0160. The van der Waals surface area contributed by atoms with Gasteiger partial charge in [0.1, 0.15) is 0 Å². The van der Waals surface area contributed by atoms with Crippen LogP contribution in [0.1, 0.15) is 28.4 Å². The third kappa shape index (κ3) is 5.74. The summed E-state index contributed by atoms with van der Waals surface area (Å²) in [7, 11) is 0. The van der Waals surface area contributed by atoms with Gasteiger partial charge < -0.3 is 5.32 Å². The van der Waals surface area contributed by atoms with Crippen LogP contribution in [-0.2, 0) is 11.3 Å². The molecule has 0 saturated carbocycles. The molecule has 2 aromatic rings. The van der Waals surface area contributed by atoms with Crippen LogP contribution in [0.2, 0.25) is 0 Å². The van der Waals surface area contributed by atoms with E-state index in [1.54, 1.807) is 24.3 Å². The fourth-order valence-corrected chi connectivity index (χ4v) is 3.37. The molecule has 0 spiro atoms. The number of nitrogens with zero attached hydrogens (tertiary/aromatic N) is 2. The number of hydrogen-bond donors (Lipinski definition) is 1. The molecule has 3 rings (SSSR count). The predicted molar refractivity (Wildman–Crippen MR) is 108 cm³/mol. The van der Waals surface area contributed by atoms with Crippen molar-refractivity contribution in [2.75, 3.05) is 38.0 Å². The smallest absolute Gasteiger partial charge is 0.238 e. The predicted octanol–water partition coefficient (Wildman–Crippen LogP) is 2.95. The lowest BCUT2D eigenvalue weighted by molar-refractivity contribution is -0.117. The van der Waals surface area contributed by atoms with Crippen LogP contribution < -0.4 is 5.32 Å². The summed E-state index contributed by atoms with van der Waals surface area (Å²) < 4.78 is 0. The minimum Gasteiger partial charge on any atom is -0.325 e. The molecule has 0 unspecified atom stereocenters. The van der Waals surface area contributed by atoms with E-state index < -0.39 is 0 Å². The number of benzene rings is 2. The van der Waals surface area contributed by atoms with E-state index in [0.717, 1.165) is 38.4 Å². The van der Waals surface area contributed by atoms with Crippen molar-refractivity contribution < 1.29 is 9.59 Å². The Bertz CT molecular complexity index is 793. The molecule has 5 nitrogen and oxygen atoms in total. The highest BCUT2D eigenvalue weighted by atomic mass is 16.2. The minimum atomic E-state index is -0.0160. The summed E-state index contributed by atoms with van der Waals surface area (Å²) in [6.07, 6.45) is 0. The first-order valence-corrected chi connectivity index (χ1v) is 9.41. The number of amides is 1. The molecule has 1 heterocycles. The highest BCUT2D eigenvalue weighted by Gasteiger charge is 2.19. The molecule has 0 aliphatic carbocycles. The monoisotopic (exact) mass is 365 g/mol. The quantitative estimate of drug-likeness (QED) is 0.800. The average Bonchev–Trinajstić information content (AvgIpc) is 2.64. The Kier molecular flexibility index (Phi) is 6.37. The molecular formula is C22H27N3O2. The SMILES string of the molecule is CC(=O)c1ccc(NC(=O)CN2CCN(Cc3cccc(C)c3)CC2)cc1. The van der Waals surface area contributed by atoms with Crippen LogP contribution in [0.3, 0.4) is 0 Å². The topological polar surface area (TPSA) is 52.7 Å². The maximum absolute atomic E-state index is 12.3. The van der Waals surface area contributed by atoms with E-state index in [-0.39, 0.29) is 11.7 Å². The van der Waals surface area contributed by atoms with Gasteiger partial charge in [0.05, 0.1) is 6.54 Å². The van der Waals surface area contributed by atoms with Gasteiger partial charge in [0, 0.05) is 44.0 Å². The molecule has 1 aliphatic rings. The number of carbonyl (C=O) groups is 2. The zero-order valence-corrected chi connectivity index (χ0v) is 16.1. The van der Waals surface area contributed by atoms with Crippen molar-refractivity contribution in [2.24, 2.45) is 0 Å². The fraction of sp³-hybridized carbons (Fsp3) is 0.364. The summed E-state index contributed by atoms with van der Waals surface area (Å²) in [5.41, 5.74) is 4.01. The number of piperazine rings is 1. The largest absolute Gasteiger partial charge is 0.325 e. The van der Waals surface area contributed by atoms with E-state index in [9.17, 15) is 9.59 Å². The summed E-state index contributed by atoms with van der Waals surface area (Å²) in [6, 6.07) is 15.6. The van der Waals surface area contributed by atoms with Crippen molar-refractivity contribution in [3.63, 3.8) is 0 Å². The number of Topliss-reactive ketones (excluding diaryl/α,β-unsaturated/α-hetero) is 1. The Labute approximate surface area is 161 Å². The van der Waals surface area contributed by atoms with Crippen molar-refractivity contribution in [3.8, 4) is 0 Å². The molecule has 2 aromatic carbocycles. The Morgan fingerprint density at radius 3 is 2.26 bits per heavy atom. The highest BCUT2D eigenvalue weighted by Crippen LogP contribution is 2.12. The number of nitrogens with one attached hydrogen (secondary N) is 1. The van der Waals surface area contributed by atoms with Gasteiger partial charge >= 0.3 is 0 Å². The first-order chi connectivity index (χ1) is 13.0. The third-order valence-corrected chi connectivity index (χ3v) is 4.90. The molecule has 1 N–H and O–H groups in total. The van der Waals surface area contributed by atoms with Gasteiger partial charge in [0.2, 0.25) is 5.91 Å². The lowest BCUT2D eigenvalue weighted by Crippen LogP contribution is -2.48. The molecule has 1 aliphatic heterocycles. The van der Waals surface area contributed by atoms with Crippen molar-refractivity contribution in [1.82, 2.24) is 9.80 Å². The van der Waals surface area contributed by atoms with Crippen LogP contribution in [-0.4, -0.2) is 54.2 Å². The Hall–Kier alpha value is -2.50. The van der Waals surface area contributed by atoms with Crippen LogP contribution in [0.15, 0.2) is 48.5 Å². The van der Waals surface area contributed by atoms with Crippen molar-refractivity contribution in [2.45, 2.75) is 20.4 Å². The molecular weight excluding hydrogens is 338 g/mol. The Balaban J connectivity index is 1.43. The van der Waals surface area contributed by atoms with Gasteiger partial charge in [-0.3, -0.25) is 19.4 Å². The zero-order chi connectivity index (χ0) is 19.2. The lowest BCUT2D eigenvalue weighted by Gasteiger charge is -2.34. The van der Waals surface area contributed by atoms with Crippen molar-refractivity contribution in [3.05, 3.63) is 65.2 Å². The first-order valence-electron chi connectivity index (χ1n) is 9.41. The van der Waals surface area contributed by atoms with Gasteiger partial charge in [0.25, 0.3) is 0 Å². The van der Waals surface area contributed by atoms with Crippen LogP contribution in [0.5, 0.6) is 0 Å². The molecule has 1 fully saturated rings. The van der Waals surface area contributed by atoms with Crippen LogP contribution in [0, 0.1) is 6.92 Å². The number of aryl methyl sites for hydroxylation is 1. The van der Waals surface area contributed by atoms with Gasteiger partial charge in [-0.2, -0.15) is 0 Å². The maximum Gasteiger partial charge on any atom is 0.238 e. The van der Waals surface area contributed by atoms with Crippen LogP contribution >= 0.6 is 0 Å². The highest BCUT2D eigenvalue weighted by molar-refractivity contribution is 5.96. The molecule has 142 valence electrons. The molecule has 0 aromatic heterocycles. The molecule has 5 heteroatoms. The third-order valence-electron chi connectivity index (χ3n) is 4.90. The molecule has 27 heavy (non-hydrogen) atoms. The molecule has 0 bridgehead atoms. The standard InChI is InChI=1S/C22H27N3O2/c1-17-4-3-5-19(14-17)15-24-10-12-25(13-11-24)16-22(27)23-21-8-6-20(7-9-21)18(2)26/h3-9,14H,10-13,15-16H2,1-2H3,(H,23,27). The van der Waals surface area contributed by atoms with E-state index in [2.05, 4.69) is 46.3 Å². The second-order valence-electron chi connectivity index (χ2n) is 7.22. The molecule has 0 atom stereocenters. The number of carbonyl (C=O) groups excluding carboxylic acids is 2. The van der Waals surface area contributed by atoms with E-state index in [0.29, 0.717) is 12.1 Å². The maximum atomic E-state index is 12.3. The van der Waals surface area contributed by atoms with Gasteiger partial charge in [-0.1, -0.05) is 29.8 Å². The summed E-state index contributed by atoms with van der Waals surface area (Å²) in [4.78, 5) is 28.2. The fourth-order valence-electron chi connectivity index (χ4n) is 3.37. The van der Waals surface area contributed by atoms with Gasteiger partial charge in [0.15, 0.2) is 5.78 Å². The Morgan fingerprint density at radius 2 is 1.63 bits per heavy atom. The number of ketones is 1. The number of hydrogen-bond acceptors (Lipinski definition) is 4. The zero-order valence-electron chi connectivity index (χ0n) is 16.1. The van der Waals surface area contributed by atoms with Gasteiger partial charge in [-0.15, -0.1) is 0 Å². The van der Waals surface area contributed by atoms with E-state index >= 15 is 0 Å². The number of rotatable bonds is 6. The van der Waals surface area contributed by atoms with Gasteiger partial charge in [-0.25, -0.2) is 0 Å². The van der Waals surface area contributed by atoms with Crippen LogP contribution in [0.25, 0.3) is 0 Å². The first kappa shape index (κ1) is 19.3. The number of anilines is 1. The van der Waals surface area contributed by atoms with Gasteiger partial charge in [-0.05, 0) is 43.7 Å². The average molecular weight is 365 g/mol. The summed E-state index contributed by atoms with van der Waals surface area (Å²) in [6.45, 7) is 8.73. The van der Waals surface area contributed by atoms with Crippen molar-refractivity contribution >= 4 is 17.4 Å². The second-order valence-corrected chi connectivity index (χ2v) is 7.22. The van der Waals surface area contributed by atoms with E-state index in [4.69, 9.17) is 0 Å². The Morgan fingerprint density at radius 1 is 0.963 bits per heavy atom. The molecule has 0 radical (unpaired) electrons. The summed E-state index contributed by atoms with van der Waals surface area (Å²) in [5, 5.41) is 2.91. The second kappa shape index (κ2) is 8.93.